The summed E-state index contributed by atoms with van der Waals surface area (Å²) in [5.41, 5.74) is 5.45. The third kappa shape index (κ3) is 1.32. The van der Waals surface area contributed by atoms with Crippen molar-refractivity contribution in [3.8, 4) is 11.5 Å². The van der Waals surface area contributed by atoms with E-state index >= 15 is 0 Å². The van der Waals surface area contributed by atoms with Crippen LogP contribution in [0.1, 0.15) is 19.4 Å². The predicted molar refractivity (Wildman–Crippen MR) is 49.7 cm³/mol. The Morgan fingerprint density at radius 2 is 2.07 bits per heavy atom. The van der Waals surface area contributed by atoms with Gasteiger partial charge in [-0.05, 0) is 26.0 Å². The number of halogens is 1. The summed E-state index contributed by atoms with van der Waals surface area (Å²) >= 11 is 0. The minimum atomic E-state index is -0.775. The molecule has 1 aromatic carbocycles. The molecule has 1 heterocycles. The Bertz CT molecular complexity index is 371. The zero-order valence-electron chi connectivity index (χ0n) is 8.13. The molecule has 0 atom stereocenters. The molecule has 0 unspecified atom stereocenters. The van der Waals surface area contributed by atoms with E-state index in [0.717, 1.165) is 0 Å². The quantitative estimate of drug-likeness (QED) is 0.745. The van der Waals surface area contributed by atoms with Crippen molar-refractivity contribution in [2.45, 2.75) is 19.4 Å². The maximum absolute atomic E-state index is 13.5. The summed E-state index contributed by atoms with van der Waals surface area (Å²) in [6.07, 6.45) is 0. The highest BCUT2D eigenvalue weighted by Crippen LogP contribution is 2.41. The number of benzene rings is 1. The fraction of sp³-hybridized carbons (Fsp3) is 0.400. The van der Waals surface area contributed by atoms with E-state index in [1.807, 2.05) is 0 Å². The van der Waals surface area contributed by atoms with Gasteiger partial charge in [0.25, 0.3) is 0 Å². The lowest BCUT2D eigenvalue weighted by molar-refractivity contribution is 0.172. The molecule has 0 bridgehead atoms. The fourth-order valence-corrected chi connectivity index (χ4v) is 1.55. The third-order valence-corrected chi connectivity index (χ3v) is 2.13. The molecule has 76 valence electrons. The average molecular weight is 197 g/mol. The molecular formula is C10H12FNO2. The van der Waals surface area contributed by atoms with Crippen LogP contribution < -0.4 is 15.2 Å². The van der Waals surface area contributed by atoms with E-state index in [-0.39, 0.29) is 12.6 Å². The minimum absolute atomic E-state index is 0.127. The van der Waals surface area contributed by atoms with Crippen molar-refractivity contribution in [3.05, 3.63) is 23.5 Å². The van der Waals surface area contributed by atoms with Gasteiger partial charge in [0, 0.05) is 5.54 Å². The highest BCUT2D eigenvalue weighted by molar-refractivity contribution is 5.51. The van der Waals surface area contributed by atoms with Crippen molar-refractivity contribution in [2.24, 2.45) is 5.73 Å². The molecule has 1 aliphatic heterocycles. The van der Waals surface area contributed by atoms with Crippen LogP contribution in [0.3, 0.4) is 0 Å². The van der Waals surface area contributed by atoms with Crippen LogP contribution in [0.15, 0.2) is 12.1 Å². The molecule has 0 amide bonds. The van der Waals surface area contributed by atoms with Crippen LogP contribution in [0.25, 0.3) is 0 Å². The largest absolute Gasteiger partial charge is 0.454 e. The van der Waals surface area contributed by atoms with E-state index < -0.39 is 5.54 Å². The van der Waals surface area contributed by atoms with Gasteiger partial charge in [0.05, 0.1) is 5.56 Å². The van der Waals surface area contributed by atoms with Gasteiger partial charge in [0.1, 0.15) is 5.82 Å². The van der Waals surface area contributed by atoms with Crippen molar-refractivity contribution in [2.75, 3.05) is 6.79 Å². The van der Waals surface area contributed by atoms with Crippen molar-refractivity contribution in [1.82, 2.24) is 0 Å². The van der Waals surface area contributed by atoms with Gasteiger partial charge in [0.15, 0.2) is 11.5 Å². The van der Waals surface area contributed by atoms with Crippen LogP contribution in [0, 0.1) is 5.82 Å². The highest BCUT2D eigenvalue weighted by atomic mass is 19.1. The summed E-state index contributed by atoms with van der Waals surface area (Å²) in [5.74, 6) is 0.624. The van der Waals surface area contributed by atoms with Gasteiger partial charge < -0.3 is 15.2 Å². The molecule has 0 fully saturated rings. The Morgan fingerprint density at radius 3 is 2.71 bits per heavy atom. The molecule has 0 saturated heterocycles. The Morgan fingerprint density at radius 1 is 1.36 bits per heavy atom. The normalized spacial score (nSPS) is 14.6. The van der Waals surface area contributed by atoms with Crippen molar-refractivity contribution >= 4 is 0 Å². The lowest BCUT2D eigenvalue weighted by Crippen LogP contribution is -2.30. The van der Waals surface area contributed by atoms with Crippen molar-refractivity contribution < 1.29 is 13.9 Å². The summed E-state index contributed by atoms with van der Waals surface area (Å²) in [7, 11) is 0. The number of nitrogens with two attached hydrogens (primary N) is 1. The molecule has 2 N–H and O–H groups in total. The van der Waals surface area contributed by atoms with E-state index in [1.54, 1.807) is 19.9 Å². The zero-order chi connectivity index (χ0) is 10.3. The van der Waals surface area contributed by atoms with Crippen molar-refractivity contribution in [3.63, 3.8) is 0 Å². The van der Waals surface area contributed by atoms with Gasteiger partial charge >= 0.3 is 0 Å². The summed E-state index contributed by atoms with van der Waals surface area (Å²) in [6.45, 7) is 3.59. The molecule has 0 saturated carbocycles. The standard InChI is InChI=1S/C10H12FNO2/c1-10(2,12)8-6(11)3-4-7-9(8)14-5-13-7/h3-4H,5,12H2,1-2H3. The molecule has 14 heavy (non-hydrogen) atoms. The fourth-order valence-electron chi connectivity index (χ4n) is 1.55. The molecule has 0 aromatic heterocycles. The Hall–Kier alpha value is -1.29. The molecular weight excluding hydrogens is 185 g/mol. The molecule has 1 aliphatic rings. The van der Waals surface area contributed by atoms with Gasteiger partial charge in [-0.15, -0.1) is 0 Å². The molecule has 4 heteroatoms. The SMILES string of the molecule is CC(C)(N)c1c(F)ccc2c1OCO2. The van der Waals surface area contributed by atoms with E-state index in [4.69, 9.17) is 15.2 Å². The van der Waals surface area contributed by atoms with Crippen molar-refractivity contribution in [1.29, 1.82) is 0 Å². The topological polar surface area (TPSA) is 44.5 Å². The Balaban J connectivity index is 2.63. The second-order valence-electron chi connectivity index (χ2n) is 3.88. The molecule has 0 radical (unpaired) electrons. The zero-order valence-corrected chi connectivity index (χ0v) is 8.13. The third-order valence-electron chi connectivity index (χ3n) is 2.13. The molecule has 3 nitrogen and oxygen atoms in total. The first-order valence-electron chi connectivity index (χ1n) is 4.37. The number of hydrogen-bond donors (Lipinski definition) is 1. The van der Waals surface area contributed by atoms with Crippen LogP contribution in [-0.4, -0.2) is 6.79 Å². The molecule has 2 rings (SSSR count). The van der Waals surface area contributed by atoms with Gasteiger partial charge in [-0.1, -0.05) is 0 Å². The maximum Gasteiger partial charge on any atom is 0.231 e. The van der Waals surface area contributed by atoms with Gasteiger partial charge in [-0.25, -0.2) is 4.39 Å². The van der Waals surface area contributed by atoms with Gasteiger partial charge in [0.2, 0.25) is 6.79 Å². The first-order valence-corrected chi connectivity index (χ1v) is 4.37. The Kier molecular flexibility index (Phi) is 1.89. The van der Waals surface area contributed by atoms with Crippen LogP contribution in [0.2, 0.25) is 0 Å². The smallest absolute Gasteiger partial charge is 0.231 e. The summed E-state index contributed by atoms with van der Waals surface area (Å²) < 4.78 is 23.9. The number of hydrogen-bond acceptors (Lipinski definition) is 3. The van der Waals surface area contributed by atoms with E-state index in [1.165, 1.54) is 6.07 Å². The van der Waals surface area contributed by atoms with E-state index in [0.29, 0.717) is 17.1 Å². The second-order valence-corrected chi connectivity index (χ2v) is 3.88. The van der Waals surface area contributed by atoms with Crippen LogP contribution >= 0.6 is 0 Å². The lowest BCUT2D eigenvalue weighted by Gasteiger charge is -2.21. The highest BCUT2D eigenvalue weighted by Gasteiger charge is 2.29. The van der Waals surface area contributed by atoms with E-state index in [2.05, 4.69) is 0 Å². The maximum atomic E-state index is 13.5. The van der Waals surface area contributed by atoms with Crippen LogP contribution in [0.4, 0.5) is 4.39 Å². The van der Waals surface area contributed by atoms with Crippen LogP contribution in [0.5, 0.6) is 11.5 Å². The number of fused-ring (bicyclic) bond motifs is 1. The summed E-state index contributed by atoms with van der Waals surface area (Å²) in [6, 6.07) is 2.89. The van der Waals surface area contributed by atoms with Crippen LogP contribution in [-0.2, 0) is 5.54 Å². The van der Waals surface area contributed by atoms with Gasteiger partial charge in [-0.2, -0.15) is 0 Å². The first-order chi connectivity index (χ1) is 6.50. The minimum Gasteiger partial charge on any atom is -0.454 e. The monoisotopic (exact) mass is 197 g/mol. The second kappa shape index (κ2) is 2.85. The van der Waals surface area contributed by atoms with E-state index in [9.17, 15) is 4.39 Å². The predicted octanol–water partition coefficient (Wildman–Crippen LogP) is 1.75. The molecule has 0 spiro atoms. The summed E-state index contributed by atoms with van der Waals surface area (Å²) in [4.78, 5) is 0. The van der Waals surface area contributed by atoms with Gasteiger partial charge in [-0.3, -0.25) is 0 Å². The summed E-state index contributed by atoms with van der Waals surface area (Å²) in [5, 5.41) is 0. The molecule has 0 aliphatic carbocycles. The number of rotatable bonds is 1. The lowest BCUT2D eigenvalue weighted by atomic mass is 9.94. The number of ether oxygens (including phenoxy) is 2. The first kappa shape index (κ1) is 9.27. The Labute approximate surface area is 81.6 Å². The average Bonchev–Trinajstić information content (AvgIpc) is 2.48. The molecule has 1 aromatic rings.